The molecule has 8 nitrogen and oxygen atoms in total. The van der Waals surface area contributed by atoms with E-state index in [0.717, 1.165) is 24.9 Å². The molecule has 31 heavy (non-hydrogen) atoms. The predicted octanol–water partition coefficient (Wildman–Crippen LogP) is 2.36. The molecule has 0 unspecified atom stereocenters. The van der Waals surface area contributed by atoms with Crippen LogP contribution in [0.3, 0.4) is 0 Å². The number of para-hydroxylation sites is 1. The molecule has 0 radical (unpaired) electrons. The van der Waals surface area contributed by atoms with E-state index in [9.17, 15) is 14.4 Å². The van der Waals surface area contributed by atoms with E-state index in [1.165, 1.54) is 10.1 Å². The summed E-state index contributed by atoms with van der Waals surface area (Å²) >= 11 is 0. The summed E-state index contributed by atoms with van der Waals surface area (Å²) in [7, 11) is 0. The van der Waals surface area contributed by atoms with Gasteiger partial charge >= 0.3 is 5.69 Å². The van der Waals surface area contributed by atoms with Crippen molar-refractivity contribution in [2.45, 2.75) is 53.0 Å². The number of unbranched alkanes of at least 4 members (excludes halogenated alkanes) is 1. The van der Waals surface area contributed by atoms with Gasteiger partial charge in [0.1, 0.15) is 11.5 Å². The SMILES string of the molecule is CCCCN(CCC(=O)N1CCc2ccccc21)c1c(N)n(CC(C)C)c(=O)[nH]c1=O. The lowest BCUT2D eigenvalue weighted by Crippen LogP contribution is -2.41. The van der Waals surface area contributed by atoms with Crippen molar-refractivity contribution in [2.75, 3.05) is 35.2 Å². The maximum absolute atomic E-state index is 13.0. The van der Waals surface area contributed by atoms with E-state index in [2.05, 4.69) is 11.9 Å². The molecule has 168 valence electrons. The Morgan fingerprint density at radius 1 is 1.23 bits per heavy atom. The summed E-state index contributed by atoms with van der Waals surface area (Å²) in [5.41, 5.74) is 7.73. The molecule has 2 heterocycles. The first-order valence-electron chi connectivity index (χ1n) is 11.1. The smallest absolute Gasteiger partial charge is 0.330 e. The molecule has 3 rings (SSSR count). The van der Waals surface area contributed by atoms with Gasteiger partial charge in [-0.25, -0.2) is 4.79 Å². The van der Waals surface area contributed by atoms with Crippen LogP contribution in [0.2, 0.25) is 0 Å². The number of hydrogen-bond donors (Lipinski definition) is 2. The van der Waals surface area contributed by atoms with Crippen molar-refractivity contribution in [1.29, 1.82) is 0 Å². The second-order valence-corrected chi connectivity index (χ2v) is 8.51. The summed E-state index contributed by atoms with van der Waals surface area (Å²) in [6.07, 6.45) is 2.91. The molecular weight excluding hydrogens is 394 g/mol. The number of amides is 1. The Bertz CT molecular complexity index is 1040. The lowest BCUT2D eigenvalue weighted by molar-refractivity contribution is -0.118. The monoisotopic (exact) mass is 427 g/mol. The first kappa shape index (κ1) is 22.7. The van der Waals surface area contributed by atoms with Gasteiger partial charge in [-0.15, -0.1) is 0 Å². The van der Waals surface area contributed by atoms with E-state index < -0.39 is 11.2 Å². The van der Waals surface area contributed by atoms with Crippen LogP contribution in [0.4, 0.5) is 17.2 Å². The number of H-pyrrole nitrogens is 1. The molecule has 1 amide bonds. The summed E-state index contributed by atoms with van der Waals surface area (Å²) in [5.74, 6) is 0.383. The van der Waals surface area contributed by atoms with E-state index in [1.807, 2.05) is 47.9 Å². The molecule has 0 aliphatic carbocycles. The Morgan fingerprint density at radius 2 is 1.97 bits per heavy atom. The second kappa shape index (κ2) is 9.85. The fraction of sp³-hybridized carbons (Fsp3) is 0.522. The lowest BCUT2D eigenvalue weighted by atomic mass is 10.2. The van der Waals surface area contributed by atoms with E-state index >= 15 is 0 Å². The van der Waals surface area contributed by atoms with Gasteiger partial charge in [-0.3, -0.25) is 19.1 Å². The van der Waals surface area contributed by atoms with Crippen LogP contribution in [0, 0.1) is 5.92 Å². The van der Waals surface area contributed by atoms with Gasteiger partial charge in [0.2, 0.25) is 5.91 Å². The fourth-order valence-electron chi connectivity index (χ4n) is 4.08. The van der Waals surface area contributed by atoms with Crippen LogP contribution in [0.25, 0.3) is 0 Å². The van der Waals surface area contributed by atoms with Gasteiger partial charge < -0.3 is 15.5 Å². The van der Waals surface area contributed by atoms with E-state index in [4.69, 9.17) is 5.73 Å². The van der Waals surface area contributed by atoms with Crippen molar-refractivity contribution in [1.82, 2.24) is 9.55 Å². The van der Waals surface area contributed by atoms with E-state index in [0.29, 0.717) is 26.2 Å². The molecule has 0 saturated carbocycles. The third kappa shape index (κ3) is 5.00. The molecule has 0 saturated heterocycles. The first-order chi connectivity index (χ1) is 14.8. The van der Waals surface area contributed by atoms with Crippen molar-refractivity contribution in [3.05, 3.63) is 50.7 Å². The molecular formula is C23H33N5O3. The molecule has 1 aliphatic rings. The van der Waals surface area contributed by atoms with Gasteiger partial charge in [0, 0.05) is 38.3 Å². The van der Waals surface area contributed by atoms with Crippen LogP contribution in [0.15, 0.2) is 33.9 Å². The molecule has 0 spiro atoms. The average Bonchev–Trinajstić information content (AvgIpc) is 3.16. The standard InChI is InChI=1S/C23H33N5O3/c1-4-5-12-26(20-21(24)28(15-16(2)3)23(31)25-22(20)30)13-11-19(29)27-14-10-17-8-6-7-9-18(17)27/h6-9,16H,4-5,10-15,24H2,1-3H3,(H,25,30,31). The van der Waals surface area contributed by atoms with Crippen LogP contribution < -0.4 is 26.8 Å². The Balaban J connectivity index is 1.84. The van der Waals surface area contributed by atoms with Crippen molar-refractivity contribution in [2.24, 2.45) is 5.92 Å². The highest BCUT2D eigenvalue weighted by Crippen LogP contribution is 2.28. The van der Waals surface area contributed by atoms with Gasteiger partial charge in [-0.2, -0.15) is 0 Å². The van der Waals surface area contributed by atoms with Gasteiger partial charge in [0.15, 0.2) is 0 Å². The summed E-state index contributed by atoms with van der Waals surface area (Å²) in [4.78, 5) is 44.0. The summed E-state index contributed by atoms with van der Waals surface area (Å²) in [5, 5.41) is 0. The largest absolute Gasteiger partial charge is 0.383 e. The molecule has 1 aliphatic heterocycles. The zero-order valence-electron chi connectivity index (χ0n) is 18.7. The minimum Gasteiger partial charge on any atom is -0.383 e. The van der Waals surface area contributed by atoms with Crippen molar-refractivity contribution >= 4 is 23.1 Å². The third-order valence-electron chi connectivity index (χ3n) is 5.64. The Hall–Kier alpha value is -3.03. The number of nitrogens with zero attached hydrogens (tertiary/aromatic N) is 3. The second-order valence-electron chi connectivity index (χ2n) is 8.51. The van der Waals surface area contributed by atoms with Crippen molar-refractivity contribution in [3.63, 3.8) is 0 Å². The van der Waals surface area contributed by atoms with Crippen LogP contribution in [0.1, 0.15) is 45.6 Å². The minimum atomic E-state index is -0.502. The molecule has 1 aromatic carbocycles. The number of hydrogen-bond acceptors (Lipinski definition) is 5. The highest BCUT2D eigenvalue weighted by Gasteiger charge is 2.25. The maximum atomic E-state index is 13.0. The molecule has 8 heteroatoms. The van der Waals surface area contributed by atoms with Gasteiger partial charge in [0.05, 0.1) is 0 Å². The zero-order valence-corrected chi connectivity index (χ0v) is 18.7. The Morgan fingerprint density at radius 3 is 2.68 bits per heavy atom. The minimum absolute atomic E-state index is 0.0250. The van der Waals surface area contributed by atoms with Crippen molar-refractivity contribution < 1.29 is 4.79 Å². The molecule has 0 fully saturated rings. The van der Waals surface area contributed by atoms with Crippen molar-refractivity contribution in [3.8, 4) is 0 Å². The molecule has 0 bridgehead atoms. The van der Waals surface area contributed by atoms with Gasteiger partial charge in [-0.05, 0) is 30.4 Å². The number of aromatic nitrogens is 2. The van der Waals surface area contributed by atoms with Crippen LogP contribution in [-0.2, 0) is 17.8 Å². The first-order valence-corrected chi connectivity index (χ1v) is 11.1. The lowest BCUT2D eigenvalue weighted by Gasteiger charge is -2.27. The summed E-state index contributed by atoms with van der Waals surface area (Å²) in [6, 6.07) is 7.95. The number of nitrogens with two attached hydrogens (primary N) is 1. The summed E-state index contributed by atoms with van der Waals surface area (Å²) < 4.78 is 1.42. The zero-order chi connectivity index (χ0) is 22.5. The topological polar surface area (TPSA) is 104 Å². The highest BCUT2D eigenvalue weighted by molar-refractivity contribution is 5.95. The normalized spacial score (nSPS) is 13.0. The number of benzene rings is 1. The molecule has 1 aromatic heterocycles. The predicted molar refractivity (Wildman–Crippen MR) is 125 cm³/mol. The van der Waals surface area contributed by atoms with E-state index in [1.54, 1.807) is 0 Å². The number of carbonyl (C=O) groups excluding carboxylic acids is 1. The fourth-order valence-corrected chi connectivity index (χ4v) is 4.08. The Labute approximate surface area is 182 Å². The maximum Gasteiger partial charge on any atom is 0.330 e. The Kier molecular flexibility index (Phi) is 7.20. The number of carbonyl (C=O) groups is 1. The quantitative estimate of drug-likeness (QED) is 0.639. The highest BCUT2D eigenvalue weighted by atomic mass is 16.2. The van der Waals surface area contributed by atoms with Crippen LogP contribution in [-0.4, -0.2) is 35.1 Å². The third-order valence-corrected chi connectivity index (χ3v) is 5.64. The number of anilines is 3. The number of nitrogens with one attached hydrogen (secondary N) is 1. The molecule has 3 N–H and O–H groups in total. The van der Waals surface area contributed by atoms with Gasteiger partial charge in [0.25, 0.3) is 5.56 Å². The average molecular weight is 428 g/mol. The molecule has 0 atom stereocenters. The summed E-state index contributed by atoms with van der Waals surface area (Å²) in [6.45, 7) is 8.08. The number of nitrogen functional groups attached to an aromatic ring is 1. The van der Waals surface area contributed by atoms with E-state index in [-0.39, 0.29) is 29.8 Å². The number of fused-ring (bicyclic) bond motifs is 1. The van der Waals surface area contributed by atoms with Gasteiger partial charge in [-0.1, -0.05) is 45.4 Å². The van der Waals surface area contributed by atoms with Crippen LogP contribution in [0.5, 0.6) is 0 Å². The number of aromatic amines is 1. The van der Waals surface area contributed by atoms with Crippen LogP contribution >= 0.6 is 0 Å². The number of rotatable bonds is 9. The molecule has 2 aromatic rings.